The number of carbonyl (C=O) groups is 1. The SMILES string of the molecule is CCCCCCCCCCCCCCOc1cccc(NC(=O)c2ccc(C[n+]3csc(C)c3)cc2)c1. The molecular weight excluding hydrogens is 476 g/mol. The topological polar surface area (TPSA) is 42.2 Å². The Hall–Kier alpha value is -2.66. The number of aryl methyl sites for hydroxylation is 1. The number of rotatable bonds is 18. The van der Waals surface area contributed by atoms with Crippen LogP contribution in [0.3, 0.4) is 0 Å². The Kier molecular flexibility index (Phi) is 13.3. The molecule has 2 aromatic carbocycles. The number of anilines is 1. The number of thiazole rings is 1. The van der Waals surface area contributed by atoms with E-state index in [1.807, 2.05) is 48.5 Å². The van der Waals surface area contributed by atoms with Crippen LogP contribution in [0.1, 0.15) is 105 Å². The van der Waals surface area contributed by atoms with E-state index in [9.17, 15) is 4.79 Å². The molecular formula is C32H45N2O2S+. The van der Waals surface area contributed by atoms with Crippen LogP contribution in [0, 0.1) is 6.92 Å². The molecule has 3 rings (SSSR count). The number of hydrogen-bond acceptors (Lipinski definition) is 3. The van der Waals surface area contributed by atoms with Gasteiger partial charge in [-0.15, -0.1) is 0 Å². The average molecular weight is 522 g/mol. The summed E-state index contributed by atoms with van der Waals surface area (Å²) < 4.78 is 8.11. The van der Waals surface area contributed by atoms with Crippen LogP contribution in [0.4, 0.5) is 5.69 Å². The molecule has 4 nitrogen and oxygen atoms in total. The fourth-order valence-electron chi connectivity index (χ4n) is 4.50. The molecule has 5 heteroatoms. The number of aromatic nitrogens is 1. The van der Waals surface area contributed by atoms with Crippen molar-refractivity contribution in [2.75, 3.05) is 11.9 Å². The molecule has 3 aromatic rings. The van der Waals surface area contributed by atoms with E-state index in [-0.39, 0.29) is 5.91 Å². The van der Waals surface area contributed by atoms with Crippen molar-refractivity contribution in [3.63, 3.8) is 0 Å². The molecule has 1 aromatic heterocycles. The molecule has 37 heavy (non-hydrogen) atoms. The molecule has 1 heterocycles. The number of unbranched alkanes of at least 4 members (excludes halogenated alkanes) is 11. The standard InChI is InChI=1S/C32H44N2O2S/c1-3-4-5-6-7-8-9-10-11-12-13-14-22-36-31-17-15-16-30(23-31)33-32(35)29-20-18-28(19-21-29)25-34-24-27(2)37-26-34/h15-21,23-24,26H,3-14,22,25H2,1-2H3/p+1. The second-order valence-corrected chi connectivity index (χ2v) is 11.1. The fourth-order valence-corrected chi connectivity index (χ4v) is 5.13. The zero-order valence-corrected chi connectivity index (χ0v) is 23.7. The first-order valence-electron chi connectivity index (χ1n) is 14.2. The molecule has 0 atom stereocenters. The molecule has 0 saturated heterocycles. The molecule has 0 aliphatic rings. The minimum absolute atomic E-state index is 0.108. The molecule has 0 fully saturated rings. The minimum Gasteiger partial charge on any atom is -0.494 e. The highest BCUT2D eigenvalue weighted by Crippen LogP contribution is 2.19. The maximum atomic E-state index is 12.7. The van der Waals surface area contributed by atoms with Crippen LogP contribution in [0.25, 0.3) is 0 Å². The number of nitrogens with zero attached hydrogens (tertiary/aromatic N) is 1. The molecule has 0 bridgehead atoms. The van der Waals surface area contributed by atoms with Gasteiger partial charge in [0.05, 0.1) is 11.5 Å². The highest BCUT2D eigenvalue weighted by atomic mass is 32.1. The number of hydrogen-bond donors (Lipinski definition) is 1. The van der Waals surface area contributed by atoms with Gasteiger partial charge in [0.25, 0.3) is 5.91 Å². The summed E-state index contributed by atoms with van der Waals surface area (Å²) in [5, 5.41) is 3.00. The zero-order chi connectivity index (χ0) is 26.1. The van der Waals surface area contributed by atoms with Crippen molar-refractivity contribution < 1.29 is 14.1 Å². The van der Waals surface area contributed by atoms with Gasteiger partial charge in [-0.1, -0.05) is 107 Å². The molecule has 1 amide bonds. The van der Waals surface area contributed by atoms with Crippen LogP contribution >= 0.6 is 11.3 Å². The van der Waals surface area contributed by atoms with Crippen LogP contribution in [0.2, 0.25) is 0 Å². The van der Waals surface area contributed by atoms with E-state index in [0.717, 1.165) is 31.0 Å². The Morgan fingerprint density at radius 2 is 1.51 bits per heavy atom. The van der Waals surface area contributed by atoms with E-state index in [1.165, 1.54) is 81.1 Å². The van der Waals surface area contributed by atoms with Crippen molar-refractivity contribution in [2.45, 2.75) is 97.4 Å². The first-order valence-corrected chi connectivity index (χ1v) is 15.1. The second-order valence-electron chi connectivity index (χ2n) is 10.1. The van der Waals surface area contributed by atoms with Gasteiger partial charge in [-0.3, -0.25) is 4.79 Å². The molecule has 200 valence electrons. The van der Waals surface area contributed by atoms with Crippen LogP contribution in [0.5, 0.6) is 5.75 Å². The maximum absolute atomic E-state index is 12.7. The maximum Gasteiger partial charge on any atom is 0.255 e. The van der Waals surface area contributed by atoms with Crippen LogP contribution < -0.4 is 14.6 Å². The third kappa shape index (κ3) is 11.5. The third-order valence-corrected chi connectivity index (χ3v) is 7.51. The predicted molar refractivity (Wildman–Crippen MR) is 156 cm³/mol. The summed E-state index contributed by atoms with van der Waals surface area (Å²) in [5.41, 5.74) is 4.69. The highest BCUT2D eigenvalue weighted by molar-refractivity contribution is 7.09. The number of nitrogens with one attached hydrogen (secondary N) is 1. The smallest absolute Gasteiger partial charge is 0.255 e. The van der Waals surface area contributed by atoms with Crippen molar-refractivity contribution in [1.82, 2.24) is 0 Å². The van der Waals surface area contributed by atoms with Gasteiger partial charge < -0.3 is 10.1 Å². The van der Waals surface area contributed by atoms with Crippen LogP contribution in [-0.4, -0.2) is 12.5 Å². The lowest BCUT2D eigenvalue weighted by Gasteiger charge is -2.10. The summed E-state index contributed by atoms with van der Waals surface area (Å²) in [5.74, 6) is 0.697. The second kappa shape index (κ2) is 17.0. The molecule has 0 saturated carbocycles. The van der Waals surface area contributed by atoms with E-state index >= 15 is 0 Å². The monoisotopic (exact) mass is 521 g/mol. The van der Waals surface area contributed by atoms with Gasteiger partial charge in [0.1, 0.15) is 5.75 Å². The van der Waals surface area contributed by atoms with Gasteiger partial charge >= 0.3 is 0 Å². The van der Waals surface area contributed by atoms with E-state index in [2.05, 4.69) is 35.4 Å². The van der Waals surface area contributed by atoms with Crippen LogP contribution in [-0.2, 0) is 6.54 Å². The van der Waals surface area contributed by atoms with Gasteiger partial charge in [-0.05, 0) is 37.6 Å². The lowest BCUT2D eigenvalue weighted by Crippen LogP contribution is -2.30. The molecule has 0 spiro atoms. The minimum atomic E-state index is -0.108. The van der Waals surface area contributed by atoms with E-state index < -0.39 is 0 Å². The van der Waals surface area contributed by atoms with Gasteiger partial charge in [0.2, 0.25) is 5.51 Å². The molecule has 0 unspecified atom stereocenters. The van der Waals surface area contributed by atoms with E-state index in [1.54, 1.807) is 11.3 Å². The quantitative estimate of drug-likeness (QED) is 0.134. The average Bonchev–Trinajstić information content (AvgIpc) is 3.31. The third-order valence-electron chi connectivity index (χ3n) is 6.66. The van der Waals surface area contributed by atoms with Gasteiger partial charge in [-0.2, -0.15) is 4.57 Å². The normalized spacial score (nSPS) is 11.0. The molecule has 0 aliphatic carbocycles. The summed E-state index contributed by atoms with van der Waals surface area (Å²) in [4.78, 5) is 14.0. The summed E-state index contributed by atoms with van der Waals surface area (Å²) >= 11 is 1.74. The summed E-state index contributed by atoms with van der Waals surface area (Å²) in [6, 6.07) is 15.5. The lowest BCUT2D eigenvalue weighted by molar-refractivity contribution is -0.683. The summed E-state index contributed by atoms with van der Waals surface area (Å²) in [6.45, 7) is 5.91. The van der Waals surface area contributed by atoms with Crippen molar-refractivity contribution >= 4 is 22.9 Å². The highest BCUT2D eigenvalue weighted by Gasteiger charge is 2.09. The Labute approximate surface area is 228 Å². The molecule has 0 aliphatic heterocycles. The van der Waals surface area contributed by atoms with Gasteiger partial charge in [-0.25, -0.2) is 0 Å². The van der Waals surface area contributed by atoms with Crippen LogP contribution in [0.15, 0.2) is 60.2 Å². The molecule has 1 N–H and O–H groups in total. The number of benzene rings is 2. The van der Waals surface area contributed by atoms with Crippen molar-refractivity contribution in [1.29, 1.82) is 0 Å². The Balaban J connectivity index is 1.29. The lowest BCUT2D eigenvalue weighted by atomic mass is 10.1. The Bertz CT molecular complexity index is 1040. The zero-order valence-electron chi connectivity index (χ0n) is 22.8. The first kappa shape index (κ1) is 28.9. The number of ether oxygens (including phenoxy) is 1. The largest absolute Gasteiger partial charge is 0.494 e. The Morgan fingerprint density at radius 1 is 0.865 bits per heavy atom. The van der Waals surface area contributed by atoms with E-state index in [4.69, 9.17) is 4.74 Å². The Morgan fingerprint density at radius 3 is 2.14 bits per heavy atom. The van der Waals surface area contributed by atoms with Crippen molar-refractivity contribution in [2.24, 2.45) is 0 Å². The van der Waals surface area contributed by atoms with E-state index in [0.29, 0.717) is 5.56 Å². The summed E-state index contributed by atoms with van der Waals surface area (Å²) in [6.07, 6.45) is 18.2. The number of carbonyl (C=O) groups excluding carboxylic acids is 1. The molecule has 0 radical (unpaired) electrons. The van der Waals surface area contributed by atoms with Crippen molar-refractivity contribution in [3.05, 3.63) is 76.2 Å². The first-order chi connectivity index (χ1) is 18.1. The fraction of sp³-hybridized carbons (Fsp3) is 0.500. The van der Waals surface area contributed by atoms with Gasteiger partial charge in [0.15, 0.2) is 12.7 Å². The number of amides is 1. The summed E-state index contributed by atoms with van der Waals surface area (Å²) in [7, 11) is 0. The van der Waals surface area contributed by atoms with Gasteiger partial charge in [0, 0.05) is 22.9 Å². The predicted octanol–water partition coefficient (Wildman–Crippen LogP) is 8.72. The van der Waals surface area contributed by atoms with Crippen molar-refractivity contribution in [3.8, 4) is 5.75 Å².